The molecule has 2 aromatic heterocycles. The zero-order valence-electron chi connectivity index (χ0n) is 11.0. The SMILES string of the molecule is CCCNc1snnc1CSc1nc2ccccc2o1. The quantitative estimate of drug-likeness (QED) is 0.699. The van der Waals surface area contributed by atoms with Gasteiger partial charge in [0.25, 0.3) is 5.22 Å². The van der Waals surface area contributed by atoms with E-state index < -0.39 is 0 Å². The molecule has 0 aliphatic heterocycles. The molecule has 0 unspecified atom stereocenters. The van der Waals surface area contributed by atoms with Gasteiger partial charge in [0.15, 0.2) is 5.58 Å². The summed E-state index contributed by atoms with van der Waals surface area (Å²) in [6.07, 6.45) is 1.08. The Morgan fingerprint density at radius 1 is 1.35 bits per heavy atom. The van der Waals surface area contributed by atoms with Crippen LogP contribution in [0.25, 0.3) is 11.1 Å². The summed E-state index contributed by atoms with van der Waals surface area (Å²) in [6, 6.07) is 7.77. The van der Waals surface area contributed by atoms with Crippen LogP contribution in [0.15, 0.2) is 33.9 Å². The number of benzene rings is 1. The van der Waals surface area contributed by atoms with Crippen LogP contribution in [0.5, 0.6) is 0 Å². The highest BCUT2D eigenvalue weighted by Crippen LogP contribution is 2.29. The van der Waals surface area contributed by atoms with Gasteiger partial charge >= 0.3 is 0 Å². The minimum atomic E-state index is 0.667. The second kappa shape index (κ2) is 6.23. The molecular formula is C13H14N4OS2. The maximum atomic E-state index is 5.67. The number of nitrogens with zero attached hydrogens (tertiary/aromatic N) is 3. The van der Waals surface area contributed by atoms with Gasteiger partial charge < -0.3 is 9.73 Å². The topological polar surface area (TPSA) is 63.8 Å². The Bertz CT molecular complexity index is 661. The number of thioether (sulfide) groups is 1. The lowest BCUT2D eigenvalue weighted by Crippen LogP contribution is -2.00. The molecule has 1 N–H and O–H groups in total. The molecule has 0 fully saturated rings. The number of fused-ring (bicyclic) bond motifs is 1. The van der Waals surface area contributed by atoms with Crippen molar-refractivity contribution in [3.63, 3.8) is 0 Å². The molecule has 5 nitrogen and oxygen atoms in total. The van der Waals surface area contributed by atoms with Crippen molar-refractivity contribution in [3.05, 3.63) is 30.0 Å². The fraction of sp³-hybridized carbons (Fsp3) is 0.308. The minimum absolute atomic E-state index is 0.667. The van der Waals surface area contributed by atoms with E-state index in [0.717, 1.165) is 34.8 Å². The average Bonchev–Trinajstić information content (AvgIpc) is 3.08. The Kier molecular flexibility index (Phi) is 4.17. The standard InChI is InChI=1S/C13H14N4OS2/c1-2-7-14-12-10(16-17-20-12)8-19-13-15-9-5-3-4-6-11(9)18-13/h3-6,14H,2,7-8H2,1H3. The summed E-state index contributed by atoms with van der Waals surface area (Å²) >= 11 is 2.93. The van der Waals surface area contributed by atoms with Crippen LogP contribution in [0.2, 0.25) is 0 Å². The molecule has 3 rings (SSSR count). The van der Waals surface area contributed by atoms with Gasteiger partial charge in [0.2, 0.25) is 0 Å². The van der Waals surface area contributed by atoms with Gasteiger partial charge in [-0.25, -0.2) is 4.98 Å². The Morgan fingerprint density at radius 3 is 3.10 bits per heavy atom. The molecule has 20 heavy (non-hydrogen) atoms. The van der Waals surface area contributed by atoms with Gasteiger partial charge in [-0.1, -0.05) is 35.3 Å². The Balaban J connectivity index is 1.68. The predicted octanol–water partition coefficient (Wildman–Crippen LogP) is 3.79. The fourth-order valence-corrected chi connectivity index (χ4v) is 3.19. The highest BCUT2D eigenvalue weighted by atomic mass is 32.2. The Morgan fingerprint density at radius 2 is 2.25 bits per heavy atom. The number of hydrogen-bond acceptors (Lipinski definition) is 7. The molecule has 0 saturated carbocycles. The largest absolute Gasteiger partial charge is 0.431 e. The number of hydrogen-bond donors (Lipinski definition) is 1. The van der Waals surface area contributed by atoms with Gasteiger partial charge in [0.1, 0.15) is 16.2 Å². The molecule has 104 valence electrons. The van der Waals surface area contributed by atoms with Gasteiger partial charge in [-0.3, -0.25) is 0 Å². The average molecular weight is 306 g/mol. The third kappa shape index (κ3) is 2.94. The molecule has 0 amide bonds. The number of nitrogens with one attached hydrogen (secondary N) is 1. The van der Waals surface area contributed by atoms with Gasteiger partial charge in [0, 0.05) is 18.1 Å². The molecule has 7 heteroatoms. The first-order valence-electron chi connectivity index (χ1n) is 6.40. The van der Waals surface area contributed by atoms with E-state index in [2.05, 4.69) is 26.8 Å². The van der Waals surface area contributed by atoms with E-state index in [9.17, 15) is 0 Å². The van der Waals surface area contributed by atoms with Gasteiger partial charge in [-0.2, -0.15) is 0 Å². The zero-order valence-corrected chi connectivity index (χ0v) is 12.6. The summed E-state index contributed by atoms with van der Waals surface area (Å²) in [7, 11) is 0. The third-order valence-electron chi connectivity index (χ3n) is 2.70. The summed E-state index contributed by atoms with van der Waals surface area (Å²) in [6.45, 7) is 3.07. The summed E-state index contributed by atoms with van der Waals surface area (Å²) < 4.78 is 9.67. The van der Waals surface area contributed by atoms with Gasteiger partial charge in [-0.05, 0) is 18.6 Å². The van der Waals surface area contributed by atoms with Crippen LogP contribution in [0.3, 0.4) is 0 Å². The summed E-state index contributed by atoms with van der Waals surface area (Å²) in [5.41, 5.74) is 2.65. The van der Waals surface area contributed by atoms with Crippen LogP contribution in [0, 0.1) is 0 Å². The van der Waals surface area contributed by atoms with E-state index in [-0.39, 0.29) is 0 Å². The molecule has 2 heterocycles. The first-order valence-corrected chi connectivity index (χ1v) is 8.16. The van der Waals surface area contributed by atoms with Crippen molar-refractivity contribution in [2.75, 3.05) is 11.9 Å². The van der Waals surface area contributed by atoms with Crippen molar-refractivity contribution in [1.29, 1.82) is 0 Å². The first kappa shape index (κ1) is 13.4. The molecular weight excluding hydrogens is 292 g/mol. The normalized spacial score (nSPS) is 11.1. The predicted molar refractivity (Wildman–Crippen MR) is 82.3 cm³/mol. The molecule has 3 aromatic rings. The molecule has 0 aliphatic carbocycles. The van der Waals surface area contributed by atoms with E-state index in [0.29, 0.717) is 11.0 Å². The second-order valence-electron chi connectivity index (χ2n) is 4.21. The number of aromatic nitrogens is 3. The summed E-state index contributed by atoms with van der Waals surface area (Å²) in [5, 5.41) is 9.19. The molecule has 0 radical (unpaired) electrons. The van der Waals surface area contributed by atoms with Crippen molar-refractivity contribution in [3.8, 4) is 0 Å². The molecule has 1 aromatic carbocycles. The van der Waals surface area contributed by atoms with E-state index in [1.165, 1.54) is 23.3 Å². The van der Waals surface area contributed by atoms with Crippen LogP contribution in [-0.2, 0) is 5.75 Å². The van der Waals surface area contributed by atoms with Gasteiger partial charge in [0.05, 0.1) is 5.75 Å². The molecule has 0 saturated heterocycles. The fourth-order valence-electron chi connectivity index (χ4n) is 1.72. The van der Waals surface area contributed by atoms with Crippen molar-refractivity contribution < 1.29 is 4.42 Å². The number of oxazole rings is 1. The number of rotatable bonds is 6. The highest BCUT2D eigenvalue weighted by Gasteiger charge is 2.11. The summed E-state index contributed by atoms with van der Waals surface area (Å²) in [5.74, 6) is 0.704. The third-order valence-corrected chi connectivity index (χ3v) is 4.26. The van der Waals surface area contributed by atoms with Gasteiger partial charge in [-0.15, -0.1) is 5.10 Å². The van der Waals surface area contributed by atoms with Crippen LogP contribution < -0.4 is 5.32 Å². The van der Waals surface area contributed by atoms with E-state index >= 15 is 0 Å². The Labute approximate surface area is 125 Å². The maximum Gasteiger partial charge on any atom is 0.257 e. The monoisotopic (exact) mass is 306 g/mol. The molecule has 0 atom stereocenters. The number of anilines is 1. The van der Waals surface area contributed by atoms with Crippen LogP contribution in [0.4, 0.5) is 5.00 Å². The van der Waals surface area contributed by atoms with Crippen molar-refractivity contribution in [2.45, 2.75) is 24.3 Å². The molecule has 0 spiro atoms. The lowest BCUT2D eigenvalue weighted by molar-refractivity contribution is 0.489. The molecule has 0 bridgehead atoms. The smallest absolute Gasteiger partial charge is 0.257 e. The van der Waals surface area contributed by atoms with E-state index in [4.69, 9.17) is 4.42 Å². The van der Waals surface area contributed by atoms with E-state index in [1.54, 1.807) is 0 Å². The lowest BCUT2D eigenvalue weighted by atomic mass is 10.3. The summed E-state index contributed by atoms with van der Waals surface area (Å²) in [4.78, 5) is 4.44. The first-order chi connectivity index (χ1) is 9.86. The minimum Gasteiger partial charge on any atom is -0.431 e. The highest BCUT2D eigenvalue weighted by molar-refractivity contribution is 7.98. The zero-order chi connectivity index (χ0) is 13.8. The van der Waals surface area contributed by atoms with Crippen LogP contribution in [-0.4, -0.2) is 21.1 Å². The van der Waals surface area contributed by atoms with Crippen LogP contribution >= 0.6 is 23.3 Å². The second-order valence-corrected chi connectivity index (χ2v) is 5.89. The maximum absolute atomic E-state index is 5.67. The van der Waals surface area contributed by atoms with Crippen molar-refractivity contribution in [2.24, 2.45) is 0 Å². The number of para-hydroxylation sites is 2. The van der Waals surface area contributed by atoms with Crippen molar-refractivity contribution >= 4 is 39.4 Å². The van der Waals surface area contributed by atoms with Crippen LogP contribution in [0.1, 0.15) is 19.0 Å². The lowest BCUT2D eigenvalue weighted by Gasteiger charge is -2.01. The van der Waals surface area contributed by atoms with E-state index in [1.807, 2.05) is 24.3 Å². The Hall–Kier alpha value is -1.60. The molecule has 0 aliphatic rings. The van der Waals surface area contributed by atoms with Crippen molar-refractivity contribution in [1.82, 2.24) is 14.6 Å².